The van der Waals surface area contributed by atoms with Crippen molar-refractivity contribution < 1.29 is 4.39 Å². The zero-order valence-electron chi connectivity index (χ0n) is 6.23. The predicted molar refractivity (Wildman–Crippen MR) is 49.1 cm³/mol. The normalized spacial score (nSPS) is 13.0. The first-order valence-corrected chi connectivity index (χ1v) is 4.33. The standard InChI is InChI=1S/C8H8Cl2FN/c9-4-8(12)5-1-2-7(11)6(10)3-5/h1-3,8H,4,12H2. The quantitative estimate of drug-likeness (QED) is 0.743. The minimum absolute atomic E-state index is 0.0769. The smallest absolute Gasteiger partial charge is 0.141 e. The number of nitrogens with two attached hydrogens (primary N) is 1. The van der Waals surface area contributed by atoms with E-state index in [1.807, 2.05) is 0 Å². The Balaban J connectivity index is 2.96. The van der Waals surface area contributed by atoms with E-state index < -0.39 is 5.82 Å². The molecule has 0 bridgehead atoms. The van der Waals surface area contributed by atoms with Crippen LogP contribution in [0.2, 0.25) is 5.02 Å². The molecule has 66 valence electrons. The molecule has 0 fully saturated rings. The minimum atomic E-state index is -0.442. The molecule has 1 rings (SSSR count). The second kappa shape index (κ2) is 4.08. The lowest BCUT2D eigenvalue weighted by molar-refractivity contribution is 0.626. The van der Waals surface area contributed by atoms with E-state index in [1.165, 1.54) is 12.1 Å². The van der Waals surface area contributed by atoms with Gasteiger partial charge in [-0.25, -0.2) is 4.39 Å². The van der Waals surface area contributed by atoms with E-state index >= 15 is 0 Å². The van der Waals surface area contributed by atoms with Crippen molar-refractivity contribution >= 4 is 23.2 Å². The summed E-state index contributed by atoms with van der Waals surface area (Å²) >= 11 is 11.1. The van der Waals surface area contributed by atoms with Gasteiger partial charge in [0.15, 0.2) is 0 Å². The first-order chi connectivity index (χ1) is 5.65. The summed E-state index contributed by atoms with van der Waals surface area (Å²) in [6.45, 7) is 0. The van der Waals surface area contributed by atoms with E-state index in [-0.39, 0.29) is 11.1 Å². The molecule has 0 amide bonds. The zero-order valence-corrected chi connectivity index (χ0v) is 7.74. The summed E-state index contributed by atoms with van der Waals surface area (Å²) in [6.07, 6.45) is 0. The van der Waals surface area contributed by atoms with Gasteiger partial charge in [0, 0.05) is 11.9 Å². The molecule has 0 aromatic heterocycles. The second-order valence-electron chi connectivity index (χ2n) is 2.43. The Hall–Kier alpha value is -0.310. The van der Waals surface area contributed by atoms with Gasteiger partial charge < -0.3 is 5.73 Å². The van der Waals surface area contributed by atoms with Crippen LogP contribution in [0.1, 0.15) is 11.6 Å². The van der Waals surface area contributed by atoms with Gasteiger partial charge in [-0.3, -0.25) is 0 Å². The molecule has 1 aromatic rings. The van der Waals surface area contributed by atoms with Crippen molar-refractivity contribution in [1.29, 1.82) is 0 Å². The van der Waals surface area contributed by atoms with E-state index in [4.69, 9.17) is 28.9 Å². The Bertz CT molecular complexity index is 278. The van der Waals surface area contributed by atoms with Crippen LogP contribution in [0, 0.1) is 5.82 Å². The highest BCUT2D eigenvalue weighted by molar-refractivity contribution is 6.30. The Morgan fingerprint density at radius 1 is 1.50 bits per heavy atom. The van der Waals surface area contributed by atoms with Gasteiger partial charge in [0.25, 0.3) is 0 Å². The van der Waals surface area contributed by atoms with Gasteiger partial charge in [-0.2, -0.15) is 0 Å². The maximum Gasteiger partial charge on any atom is 0.141 e. The summed E-state index contributed by atoms with van der Waals surface area (Å²) in [5.74, 6) is -0.149. The van der Waals surface area contributed by atoms with Gasteiger partial charge in [0.1, 0.15) is 5.82 Å². The summed E-state index contributed by atoms with van der Waals surface area (Å²) in [7, 11) is 0. The van der Waals surface area contributed by atoms with Crippen LogP contribution in [-0.4, -0.2) is 5.88 Å². The SMILES string of the molecule is NC(CCl)c1ccc(F)c(Cl)c1. The molecule has 1 atom stereocenters. The highest BCUT2D eigenvalue weighted by Gasteiger charge is 2.06. The summed E-state index contributed by atoms with van der Waals surface area (Å²) in [5.41, 5.74) is 6.35. The van der Waals surface area contributed by atoms with Crippen molar-refractivity contribution in [1.82, 2.24) is 0 Å². The Morgan fingerprint density at radius 3 is 2.67 bits per heavy atom. The molecule has 1 unspecified atom stereocenters. The fourth-order valence-electron chi connectivity index (χ4n) is 0.832. The molecule has 0 saturated carbocycles. The molecule has 2 N–H and O–H groups in total. The Kier molecular flexibility index (Phi) is 3.32. The van der Waals surface area contributed by atoms with Crippen LogP contribution in [0.3, 0.4) is 0 Å². The van der Waals surface area contributed by atoms with E-state index in [2.05, 4.69) is 0 Å². The monoisotopic (exact) mass is 207 g/mol. The van der Waals surface area contributed by atoms with Gasteiger partial charge in [-0.05, 0) is 17.7 Å². The highest BCUT2D eigenvalue weighted by atomic mass is 35.5. The highest BCUT2D eigenvalue weighted by Crippen LogP contribution is 2.20. The Labute approximate surface area is 80.3 Å². The summed E-state index contributed by atoms with van der Waals surface area (Å²) in [6, 6.07) is 4.06. The topological polar surface area (TPSA) is 26.0 Å². The molecule has 0 aliphatic carbocycles. The van der Waals surface area contributed by atoms with Crippen LogP contribution in [0.5, 0.6) is 0 Å². The van der Waals surface area contributed by atoms with Gasteiger partial charge >= 0.3 is 0 Å². The lowest BCUT2D eigenvalue weighted by Crippen LogP contribution is -2.11. The number of benzene rings is 1. The van der Waals surface area contributed by atoms with Crippen molar-refractivity contribution in [2.45, 2.75) is 6.04 Å². The maximum atomic E-state index is 12.7. The van der Waals surface area contributed by atoms with Gasteiger partial charge in [-0.1, -0.05) is 17.7 Å². The van der Waals surface area contributed by atoms with Crippen LogP contribution >= 0.6 is 23.2 Å². The summed E-state index contributed by atoms with van der Waals surface area (Å²) in [4.78, 5) is 0. The molecule has 1 nitrogen and oxygen atoms in total. The van der Waals surface area contributed by atoms with Crippen molar-refractivity contribution in [3.8, 4) is 0 Å². The predicted octanol–water partition coefficient (Wildman–Crippen LogP) is 2.72. The molecule has 0 spiro atoms. The molecule has 4 heteroatoms. The van der Waals surface area contributed by atoms with E-state index in [0.29, 0.717) is 5.88 Å². The van der Waals surface area contributed by atoms with Crippen LogP contribution in [-0.2, 0) is 0 Å². The average Bonchev–Trinajstić information content (AvgIpc) is 2.08. The lowest BCUT2D eigenvalue weighted by atomic mass is 10.1. The number of hydrogen-bond acceptors (Lipinski definition) is 1. The molecule has 1 aromatic carbocycles. The number of rotatable bonds is 2. The molecule has 0 radical (unpaired) electrons. The fourth-order valence-corrected chi connectivity index (χ4v) is 1.20. The van der Waals surface area contributed by atoms with Gasteiger partial charge in [0.2, 0.25) is 0 Å². The number of hydrogen-bond donors (Lipinski definition) is 1. The largest absolute Gasteiger partial charge is 0.323 e. The molecule has 0 aliphatic rings. The second-order valence-corrected chi connectivity index (χ2v) is 3.15. The van der Waals surface area contributed by atoms with Crippen molar-refractivity contribution in [2.24, 2.45) is 5.73 Å². The van der Waals surface area contributed by atoms with Crippen LogP contribution in [0.25, 0.3) is 0 Å². The summed E-state index contributed by atoms with van der Waals surface area (Å²) < 4.78 is 12.7. The zero-order chi connectivity index (χ0) is 9.14. The number of halogens is 3. The third-order valence-electron chi connectivity index (χ3n) is 1.54. The molecule has 0 aliphatic heterocycles. The first kappa shape index (κ1) is 9.78. The van der Waals surface area contributed by atoms with E-state index in [9.17, 15) is 4.39 Å². The van der Waals surface area contributed by atoms with Crippen molar-refractivity contribution in [2.75, 3.05) is 5.88 Å². The van der Waals surface area contributed by atoms with Crippen LogP contribution in [0.4, 0.5) is 4.39 Å². The lowest BCUT2D eigenvalue weighted by Gasteiger charge is -2.07. The summed E-state index contributed by atoms with van der Waals surface area (Å²) in [5, 5.41) is 0.0769. The van der Waals surface area contributed by atoms with Crippen molar-refractivity contribution in [3.05, 3.63) is 34.6 Å². The van der Waals surface area contributed by atoms with Gasteiger partial charge in [-0.15, -0.1) is 11.6 Å². The van der Waals surface area contributed by atoms with Crippen molar-refractivity contribution in [3.63, 3.8) is 0 Å². The van der Waals surface area contributed by atoms with Gasteiger partial charge in [0.05, 0.1) is 5.02 Å². The first-order valence-electron chi connectivity index (χ1n) is 3.41. The average molecular weight is 208 g/mol. The molecule has 0 heterocycles. The maximum absolute atomic E-state index is 12.7. The van der Waals surface area contributed by atoms with E-state index in [1.54, 1.807) is 6.07 Å². The Morgan fingerprint density at radius 2 is 2.17 bits per heavy atom. The third-order valence-corrected chi connectivity index (χ3v) is 2.16. The van der Waals surface area contributed by atoms with Crippen LogP contribution in [0.15, 0.2) is 18.2 Å². The van der Waals surface area contributed by atoms with E-state index in [0.717, 1.165) is 5.56 Å². The molecule has 0 saturated heterocycles. The molecular weight excluding hydrogens is 200 g/mol. The molecule has 12 heavy (non-hydrogen) atoms. The minimum Gasteiger partial charge on any atom is -0.323 e. The third kappa shape index (κ3) is 2.09. The van der Waals surface area contributed by atoms with Crippen LogP contribution < -0.4 is 5.73 Å². The fraction of sp³-hybridized carbons (Fsp3) is 0.250. The number of alkyl halides is 1. The molecular formula is C8H8Cl2FN.